The molecule has 0 radical (unpaired) electrons. The molecule has 0 atom stereocenters. The highest BCUT2D eigenvalue weighted by Gasteiger charge is 2.24. The van der Waals surface area contributed by atoms with E-state index < -0.39 is 0 Å². The minimum Gasteiger partial charge on any atom is -0.497 e. The molecule has 4 rings (SSSR count). The van der Waals surface area contributed by atoms with Crippen LogP contribution in [0.2, 0.25) is 0 Å². The number of methoxy groups -OCH3 is 2. The molecule has 0 aliphatic carbocycles. The summed E-state index contributed by atoms with van der Waals surface area (Å²) >= 11 is 0. The SMILES string of the molecule is COc1ccc(C(=O)N2CCc3cc(OCc4ccccc4)c(OC)cc3C2)cc1. The lowest BCUT2D eigenvalue weighted by molar-refractivity contribution is 0.0734. The van der Waals surface area contributed by atoms with Crippen molar-refractivity contribution >= 4 is 5.91 Å². The number of rotatable bonds is 6. The summed E-state index contributed by atoms with van der Waals surface area (Å²) in [6.07, 6.45) is 0.781. The van der Waals surface area contributed by atoms with Crippen LogP contribution in [-0.4, -0.2) is 31.6 Å². The number of nitrogens with zero attached hydrogens (tertiary/aromatic N) is 1. The van der Waals surface area contributed by atoms with Gasteiger partial charge in [0.25, 0.3) is 5.91 Å². The Morgan fingerprint density at radius 1 is 0.900 bits per heavy atom. The second-order valence-corrected chi connectivity index (χ2v) is 7.25. The van der Waals surface area contributed by atoms with Crippen LogP contribution in [0.5, 0.6) is 17.2 Å². The van der Waals surface area contributed by atoms with Crippen molar-refractivity contribution in [2.24, 2.45) is 0 Å². The van der Waals surface area contributed by atoms with E-state index in [1.54, 1.807) is 26.4 Å². The molecule has 0 spiro atoms. The molecule has 0 unspecified atom stereocenters. The van der Waals surface area contributed by atoms with Crippen molar-refractivity contribution in [3.05, 3.63) is 89.0 Å². The van der Waals surface area contributed by atoms with Crippen LogP contribution in [0, 0.1) is 0 Å². The minimum atomic E-state index is 0.0201. The van der Waals surface area contributed by atoms with E-state index in [2.05, 4.69) is 0 Å². The summed E-state index contributed by atoms with van der Waals surface area (Å²) in [4.78, 5) is 14.8. The number of hydrogen-bond donors (Lipinski definition) is 0. The number of amides is 1. The lowest BCUT2D eigenvalue weighted by atomic mass is 9.98. The highest BCUT2D eigenvalue weighted by atomic mass is 16.5. The van der Waals surface area contributed by atoms with Gasteiger partial charge in [-0.2, -0.15) is 0 Å². The Balaban J connectivity index is 1.49. The molecular formula is C25H25NO4. The van der Waals surface area contributed by atoms with Gasteiger partial charge in [0.05, 0.1) is 14.2 Å². The fourth-order valence-electron chi connectivity index (χ4n) is 3.66. The number of ether oxygens (including phenoxy) is 3. The van der Waals surface area contributed by atoms with Crippen molar-refractivity contribution in [2.45, 2.75) is 19.6 Å². The van der Waals surface area contributed by atoms with Crippen molar-refractivity contribution in [3.8, 4) is 17.2 Å². The maximum absolute atomic E-state index is 12.9. The van der Waals surface area contributed by atoms with Crippen LogP contribution >= 0.6 is 0 Å². The summed E-state index contributed by atoms with van der Waals surface area (Å²) in [5.41, 5.74) is 4.05. The zero-order chi connectivity index (χ0) is 20.9. The van der Waals surface area contributed by atoms with Crippen LogP contribution in [0.1, 0.15) is 27.0 Å². The highest BCUT2D eigenvalue weighted by Crippen LogP contribution is 2.34. The molecule has 0 N–H and O–H groups in total. The summed E-state index contributed by atoms with van der Waals surface area (Å²) < 4.78 is 16.8. The first kappa shape index (κ1) is 19.8. The second kappa shape index (κ2) is 8.91. The fraction of sp³-hybridized carbons (Fsp3) is 0.240. The van der Waals surface area contributed by atoms with Gasteiger partial charge in [0.1, 0.15) is 12.4 Å². The third-order valence-corrected chi connectivity index (χ3v) is 5.36. The van der Waals surface area contributed by atoms with Crippen LogP contribution < -0.4 is 14.2 Å². The first-order valence-electron chi connectivity index (χ1n) is 9.98. The summed E-state index contributed by atoms with van der Waals surface area (Å²) in [5.74, 6) is 2.17. The maximum Gasteiger partial charge on any atom is 0.254 e. The Kier molecular flexibility index (Phi) is 5.89. The molecule has 0 saturated carbocycles. The monoisotopic (exact) mass is 403 g/mol. The van der Waals surface area contributed by atoms with Gasteiger partial charge in [0, 0.05) is 18.7 Å². The van der Waals surface area contributed by atoms with Gasteiger partial charge in [-0.15, -0.1) is 0 Å². The van der Waals surface area contributed by atoms with Crippen LogP contribution in [0.3, 0.4) is 0 Å². The normalized spacial score (nSPS) is 12.8. The van der Waals surface area contributed by atoms with E-state index in [-0.39, 0.29) is 5.91 Å². The molecule has 3 aromatic rings. The van der Waals surface area contributed by atoms with Crippen LogP contribution in [0.25, 0.3) is 0 Å². The molecule has 1 aliphatic heterocycles. The fourth-order valence-corrected chi connectivity index (χ4v) is 3.66. The molecule has 30 heavy (non-hydrogen) atoms. The zero-order valence-electron chi connectivity index (χ0n) is 17.3. The molecule has 5 heteroatoms. The Bertz CT molecular complexity index is 1020. The summed E-state index contributed by atoms with van der Waals surface area (Å²) in [7, 11) is 3.25. The zero-order valence-corrected chi connectivity index (χ0v) is 17.3. The molecule has 0 saturated heterocycles. The summed E-state index contributed by atoms with van der Waals surface area (Å²) in [6, 6.07) is 21.3. The molecule has 1 aliphatic rings. The van der Waals surface area contributed by atoms with Gasteiger partial charge in [-0.25, -0.2) is 0 Å². The third kappa shape index (κ3) is 4.25. The third-order valence-electron chi connectivity index (χ3n) is 5.36. The van der Waals surface area contributed by atoms with E-state index >= 15 is 0 Å². The summed E-state index contributed by atoms with van der Waals surface area (Å²) in [5, 5.41) is 0. The molecule has 3 aromatic carbocycles. The van der Waals surface area contributed by atoms with Gasteiger partial charge in [0.2, 0.25) is 0 Å². The topological polar surface area (TPSA) is 48.0 Å². The Morgan fingerprint density at radius 3 is 2.33 bits per heavy atom. The maximum atomic E-state index is 12.9. The molecule has 5 nitrogen and oxygen atoms in total. The lowest BCUT2D eigenvalue weighted by Crippen LogP contribution is -2.36. The second-order valence-electron chi connectivity index (χ2n) is 7.25. The average molecular weight is 403 g/mol. The van der Waals surface area contributed by atoms with Gasteiger partial charge in [-0.05, 0) is 59.5 Å². The van der Waals surface area contributed by atoms with Gasteiger partial charge in [-0.1, -0.05) is 30.3 Å². The summed E-state index contributed by atoms with van der Waals surface area (Å²) in [6.45, 7) is 1.70. The number of carbonyl (C=O) groups excluding carboxylic acids is 1. The Labute approximate surface area is 176 Å². The number of benzene rings is 3. The Hall–Kier alpha value is -3.47. The van der Waals surface area contributed by atoms with E-state index in [0.717, 1.165) is 29.0 Å². The van der Waals surface area contributed by atoms with Gasteiger partial charge >= 0.3 is 0 Å². The van der Waals surface area contributed by atoms with E-state index in [1.165, 1.54) is 5.56 Å². The van der Waals surface area contributed by atoms with Crippen molar-refractivity contribution in [1.82, 2.24) is 4.90 Å². The van der Waals surface area contributed by atoms with E-state index in [1.807, 2.05) is 59.5 Å². The average Bonchev–Trinajstić information content (AvgIpc) is 2.82. The van der Waals surface area contributed by atoms with Crippen molar-refractivity contribution < 1.29 is 19.0 Å². The first-order chi connectivity index (χ1) is 14.7. The predicted molar refractivity (Wildman–Crippen MR) is 115 cm³/mol. The van der Waals surface area contributed by atoms with Crippen LogP contribution in [-0.2, 0) is 19.6 Å². The quantitative estimate of drug-likeness (QED) is 0.609. The van der Waals surface area contributed by atoms with Gasteiger partial charge < -0.3 is 19.1 Å². The molecule has 0 aromatic heterocycles. The first-order valence-corrected chi connectivity index (χ1v) is 9.98. The molecule has 1 amide bonds. The molecule has 1 heterocycles. The van der Waals surface area contributed by atoms with Crippen molar-refractivity contribution in [2.75, 3.05) is 20.8 Å². The largest absolute Gasteiger partial charge is 0.497 e. The Morgan fingerprint density at radius 2 is 1.63 bits per heavy atom. The standard InChI is InChI=1S/C25H25NO4/c1-28-22-10-8-19(9-11-22)25(27)26-13-12-20-14-24(23(29-2)15-21(20)16-26)30-17-18-6-4-3-5-7-18/h3-11,14-15H,12-13,16-17H2,1-2H3. The van der Waals surface area contributed by atoms with Crippen molar-refractivity contribution in [1.29, 1.82) is 0 Å². The smallest absolute Gasteiger partial charge is 0.254 e. The van der Waals surface area contributed by atoms with Crippen LogP contribution in [0.4, 0.5) is 0 Å². The van der Waals surface area contributed by atoms with Gasteiger partial charge in [-0.3, -0.25) is 4.79 Å². The van der Waals surface area contributed by atoms with E-state index in [4.69, 9.17) is 14.2 Å². The van der Waals surface area contributed by atoms with E-state index in [9.17, 15) is 4.79 Å². The highest BCUT2D eigenvalue weighted by molar-refractivity contribution is 5.94. The van der Waals surface area contributed by atoms with Gasteiger partial charge in [0.15, 0.2) is 11.5 Å². The molecule has 154 valence electrons. The van der Waals surface area contributed by atoms with Crippen LogP contribution in [0.15, 0.2) is 66.7 Å². The van der Waals surface area contributed by atoms with Crippen molar-refractivity contribution in [3.63, 3.8) is 0 Å². The minimum absolute atomic E-state index is 0.0201. The predicted octanol–water partition coefficient (Wildman–Crippen LogP) is 4.48. The molecular weight excluding hydrogens is 378 g/mol. The number of carbonyl (C=O) groups is 1. The van der Waals surface area contributed by atoms with E-state index in [0.29, 0.717) is 31.0 Å². The lowest BCUT2D eigenvalue weighted by Gasteiger charge is -2.30. The molecule has 0 bridgehead atoms. The number of hydrogen-bond acceptors (Lipinski definition) is 4. The molecule has 0 fully saturated rings. The number of fused-ring (bicyclic) bond motifs is 1.